The Morgan fingerprint density at radius 1 is 1.59 bits per heavy atom. The topological polar surface area (TPSA) is 83.6 Å². The van der Waals surface area contributed by atoms with Gasteiger partial charge in [0.2, 0.25) is 0 Å². The maximum atomic E-state index is 11.6. The standard InChI is InChI=1S/C11H16N2O3S/c1-7-4-6-17-8(7)3-5-13(2)10(14)9(12)11(15)16/h4,6,9H,3,5,12H2,1-2H3,(H,15,16). The van der Waals surface area contributed by atoms with E-state index in [9.17, 15) is 9.59 Å². The Kier molecular flexibility index (Phi) is 4.65. The molecule has 0 aromatic carbocycles. The molecule has 1 amide bonds. The number of rotatable bonds is 5. The molecular weight excluding hydrogens is 240 g/mol. The number of carbonyl (C=O) groups excluding carboxylic acids is 1. The first kappa shape index (κ1) is 13.7. The third-order valence-electron chi connectivity index (χ3n) is 2.55. The molecule has 0 aliphatic heterocycles. The molecule has 0 saturated carbocycles. The predicted octanol–water partition coefficient (Wildman–Crippen LogP) is 0.469. The van der Waals surface area contributed by atoms with E-state index in [1.54, 1.807) is 18.4 Å². The fraction of sp³-hybridized carbons (Fsp3) is 0.455. The first-order valence-corrected chi connectivity index (χ1v) is 6.07. The first-order chi connectivity index (χ1) is 7.93. The van der Waals surface area contributed by atoms with Gasteiger partial charge in [0.05, 0.1) is 0 Å². The van der Waals surface area contributed by atoms with Crippen LogP contribution in [0.4, 0.5) is 0 Å². The lowest BCUT2D eigenvalue weighted by molar-refractivity contribution is -0.145. The van der Waals surface area contributed by atoms with Gasteiger partial charge >= 0.3 is 5.97 Å². The third kappa shape index (κ3) is 3.54. The molecule has 94 valence electrons. The van der Waals surface area contributed by atoms with Gasteiger partial charge in [-0.3, -0.25) is 4.79 Å². The van der Waals surface area contributed by atoms with Crippen LogP contribution < -0.4 is 5.73 Å². The van der Waals surface area contributed by atoms with Crippen molar-refractivity contribution in [3.05, 3.63) is 21.9 Å². The van der Waals surface area contributed by atoms with E-state index in [1.807, 2.05) is 18.4 Å². The fourth-order valence-electron chi connectivity index (χ4n) is 1.38. The number of aryl methyl sites for hydroxylation is 1. The summed E-state index contributed by atoms with van der Waals surface area (Å²) < 4.78 is 0. The Labute approximate surface area is 104 Å². The molecule has 5 nitrogen and oxygen atoms in total. The van der Waals surface area contributed by atoms with Crippen LogP contribution in [0.1, 0.15) is 10.4 Å². The Hall–Kier alpha value is -1.40. The largest absolute Gasteiger partial charge is 0.480 e. The fourth-order valence-corrected chi connectivity index (χ4v) is 2.28. The van der Waals surface area contributed by atoms with Gasteiger partial charge in [0.15, 0.2) is 6.04 Å². The molecule has 1 heterocycles. The number of carbonyl (C=O) groups is 2. The van der Waals surface area contributed by atoms with E-state index in [0.29, 0.717) is 6.54 Å². The number of nitrogens with zero attached hydrogens (tertiary/aromatic N) is 1. The highest BCUT2D eigenvalue weighted by molar-refractivity contribution is 7.10. The lowest BCUT2D eigenvalue weighted by Crippen LogP contribution is -2.47. The van der Waals surface area contributed by atoms with Crippen molar-refractivity contribution in [1.82, 2.24) is 4.90 Å². The lowest BCUT2D eigenvalue weighted by Gasteiger charge is -2.19. The summed E-state index contributed by atoms with van der Waals surface area (Å²) >= 11 is 1.63. The number of carboxylic acid groups (broad SMARTS) is 1. The Balaban J connectivity index is 2.50. The summed E-state index contributed by atoms with van der Waals surface area (Å²) in [6.07, 6.45) is 0.720. The van der Waals surface area contributed by atoms with E-state index in [-0.39, 0.29) is 0 Å². The number of nitrogens with two attached hydrogens (primary N) is 1. The molecule has 17 heavy (non-hydrogen) atoms. The Morgan fingerprint density at radius 2 is 2.24 bits per heavy atom. The molecule has 1 unspecified atom stereocenters. The van der Waals surface area contributed by atoms with E-state index in [0.717, 1.165) is 6.42 Å². The predicted molar refractivity (Wildman–Crippen MR) is 66.0 cm³/mol. The monoisotopic (exact) mass is 256 g/mol. The zero-order valence-corrected chi connectivity index (χ0v) is 10.7. The zero-order chi connectivity index (χ0) is 13.0. The minimum absolute atomic E-state index is 0.473. The summed E-state index contributed by atoms with van der Waals surface area (Å²) in [4.78, 5) is 24.7. The molecule has 0 saturated heterocycles. The van der Waals surface area contributed by atoms with Gasteiger partial charge in [-0.2, -0.15) is 0 Å². The maximum absolute atomic E-state index is 11.6. The summed E-state index contributed by atoms with van der Waals surface area (Å²) in [5, 5.41) is 10.6. The maximum Gasteiger partial charge on any atom is 0.330 e. The van der Waals surface area contributed by atoms with Crippen LogP contribution in [0.25, 0.3) is 0 Å². The second-order valence-corrected chi connectivity index (χ2v) is 4.85. The van der Waals surface area contributed by atoms with E-state index >= 15 is 0 Å². The van der Waals surface area contributed by atoms with Gasteiger partial charge in [-0.1, -0.05) is 0 Å². The van der Waals surface area contributed by atoms with E-state index in [4.69, 9.17) is 10.8 Å². The summed E-state index contributed by atoms with van der Waals surface area (Å²) in [5.41, 5.74) is 6.44. The summed E-state index contributed by atoms with van der Waals surface area (Å²) in [6.45, 7) is 2.48. The Bertz CT molecular complexity index is 417. The molecule has 0 spiro atoms. The van der Waals surface area contributed by atoms with Crippen molar-refractivity contribution in [2.75, 3.05) is 13.6 Å². The SMILES string of the molecule is Cc1ccsc1CCN(C)C(=O)C(N)C(=O)O. The number of aliphatic carboxylic acids is 1. The molecule has 0 bridgehead atoms. The zero-order valence-electron chi connectivity index (χ0n) is 9.84. The van der Waals surface area contributed by atoms with Crippen LogP contribution in [0.2, 0.25) is 0 Å². The molecule has 1 aromatic heterocycles. The van der Waals surface area contributed by atoms with E-state index < -0.39 is 17.9 Å². The van der Waals surface area contributed by atoms with Crippen molar-refractivity contribution < 1.29 is 14.7 Å². The van der Waals surface area contributed by atoms with Gasteiger partial charge in [0.1, 0.15) is 0 Å². The normalized spacial score (nSPS) is 12.2. The molecule has 0 radical (unpaired) electrons. The molecule has 0 fully saturated rings. The van der Waals surface area contributed by atoms with Crippen molar-refractivity contribution in [3.63, 3.8) is 0 Å². The van der Waals surface area contributed by atoms with Crippen LogP contribution in [-0.2, 0) is 16.0 Å². The molecular formula is C11H16N2O3S. The van der Waals surface area contributed by atoms with E-state index in [2.05, 4.69) is 0 Å². The van der Waals surface area contributed by atoms with Crippen LogP contribution in [0.15, 0.2) is 11.4 Å². The molecule has 3 N–H and O–H groups in total. The van der Waals surface area contributed by atoms with Crippen LogP contribution in [0.5, 0.6) is 0 Å². The lowest BCUT2D eigenvalue weighted by atomic mass is 10.2. The van der Waals surface area contributed by atoms with Gasteiger partial charge in [0, 0.05) is 18.5 Å². The van der Waals surface area contributed by atoms with Crippen molar-refractivity contribution in [2.24, 2.45) is 5.73 Å². The van der Waals surface area contributed by atoms with Crippen LogP contribution >= 0.6 is 11.3 Å². The van der Waals surface area contributed by atoms with Crippen molar-refractivity contribution in [2.45, 2.75) is 19.4 Å². The van der Waals surface area contributed by atoms with Crippen molar-refractivity contribution in [3.8, 4) is 0 Å². The quantitative estimate of drug-likeness (QED) is 0.750. The Morgan fingerprint density at radius 3 is 2.71 bits per heavy atom. The van der Waals surface area contributed by atoms with Crippen molar-refractivity contribution in [1.29, 1.82) is 0 Å². The number of thiophene rings is 1. The highest BCUT2D eigenvalue weighted by atomic mass is 32.1. The molecule has 0 aliphatic rings. The molecule has 1 aromatic rings. The number of hydrogen-bond donors (Lipinski definition) is 2. The van der Waals surface area contributed by atoms with Gasteiger partial charge < -0.3 is 15.7 Å². The van der Waals surface area contributed by atoms with Crippen LogP contribution in [0, 0.1) is 6.92 Å². The highest BCUT2D eigenvalue weighted by Crippen LogP contribution is 2.16. The average Bonchev–Trinajstić information content (AvgIpc) is 2.69. The number of likely N-dealkylation sites (N-methyl/N-ethyl adjacent to an activating group) is 1. The summed E-state index contributed by atoms with van der Waals surface area (Å²) in [5.74, 6) is -1.86. The van der Waals surface area contributed by atoms with Crippen LogP contribution in [0.3, 0.4) is 0 Å². The first-order valence-electron chi connectivity index (χ1n) is 5.19. The molecule has 0 aliphatic carbocycles. The second kappa shape index (κ2) is 5.79. The average molecular weight is 256 g/mol. The summed E-state index contributed by atoms with van der Waals surface area (Å²) in [7, 11) is 1.56. The van der Waals surface area contributed by atoms with Gasteiger partial charge in [0.25, 0.3) is 5.91 Å². The van der Waals surface area contributed by atoms with Gasteiger partial charge in [-0.15, -0.1) is 11.3 Å². The molecule has 6 heteroatoms. The number of hydrogen-bond acceptors (Lipinski definition) is 4. The second-order valence-electron chi connectivity index (χ2n) is 3.85. The minimum atomic E-state index is -1.47. The van der Waals surface area contributed by atoms with Gasteiger partial charge in [-0.05, 0) is 30.4 Å². The summed E-state index contributed by atoms with van der Waals surface area (Å²) in [6, 6.07) is 0.551. The highest BCUT2D eigenvalue weighted by Gasteiger charge is 2.24. The van der Waals surface area contributed by atoms with Crippen LogP contribution in [-0.4, -0.2) is 41.5 Å². The molecule has 1 rings (SSSR count). The smallest absolute Gasteiger partial charge is 0.330 e. The number of amides is 1. The minimum Gasteiger partial charge on any atom is -0.480 e. The molecule has 1 atom stereocenters. The van der Waals surface area contributed by atoms with Crippen molar-refractivity contribution >= 4 is 23.2 Å². The number of carboxylic acids is 1. The van der Waals surface area contributed by atoms with Gasteiger partial charge in [-0.25, -0.2) is 4.79 Å². The third-order valence-corrected chi connectivity index (χ3v) is 3.63. The van der Waals surface area contributed by atoms with E-state index in [1.165, 1.54) is 15.3 Å².